The van der Waals surface area contributed by atoms with Crippen LogP contribution >= 0.6 is 0 Å². The number of unbranched alkanes of at least 4 members (excludes halogenated alkanes) is 22. The molecule has 0 bridgehead atoms. The molecule has 12 unspecified atom stereocenters. The van der Waals surface area contributed by atoms with E-state index >= 15 is 0 Å². The molecular weight excluding hydrogens is 1090 g/mol. The second-order valence-corrected chi connectivity index (χ2v) is 23.2. The minimum absolute atomic E-state index is 0.182. The summed E-state index contributed by atoms with van der Waals surface area (Å²) in [6.45, 7) is 2.63. The lowest BCUT2D eigenvalue weighted by Gasteiger charge is -2.46. The minimum atomic E-state index is -1.81. The zero-order chi connectivity index (χ0) is 62.3. The van der Waals surface area contributed by atoms with Crippen LogP contribution in [0.15, 0.2) is 122 Å². The first-order chi connectivity index (χ1) is 42.1. The Morgan fingerprint density at radius 3 is 1.28 bits per heavy atom. The minimum Gasteiger partial charge on any atom is -0.394 e. The fourth-order valence-corrected chi connectivity index (χ4v) is 10.3. The molecule has 2 rings (SSSR count). The molecule has 14 nitrogen and oxygen atoms in total. The Labute approximate surface area is 520 Å². The number of amides is 1. The first-order valence-corrected chi connectivity index (χ1v) is 33.8. The standard InChI is InChI=1S/C72H121NO13/c1-3-5-7-9-11-13-15-17-19-21-23-25-27-28-29-30-31-32-34-35-37-39-41-43-45-47-49-51-53-55-61(76)60(59-83-71-69(82)67(80)70(63(58-75)85-71)86-72-68(81)66(79)65(78)62(57-74)84-72)73-64(77)56-54-52-50-48-46-44-42-40-38-36-33-26-24-22-20-18-16-14-12-10-8-6-4-2/h6,8,12,14,18,20,24,26,36-39,42,44-45,47-48,50,53,55,60-63,65-72,74-76,78-82H,3-5,7,9-11,13,15-17,19,21-23,25,27-35,40-41,43,46,49,51-52,54,56-59H2,1-2H3,(H,73,77)/b8-6-,14-12-,20-18-,26-24-,38-36-,39-37+,44-42-,47-45+,50-48-,55-53+. The van der Waals surface area contributed by atoms with Gasteiger partial charge in [0.15, 0.2) is 12.6 Å². The van der Waals surface area contributed by atoms with Crippen molar-refractivity contribution in [2.24, 2.45) is 0 Å². The number of nitrogens with one attached hydrogen (secondary N) is 1. The summed E-state index contributed by atoms with van der Waals surface area (Å²) in [6.07, 6.45) is 64.0. The van der Waals surface area contributed by atoms with Gasteiger partial charge in [0, 0.05) is 6.42 Å². The van der Waals surface area contributed by atoms with Crippen molar-refractivity contribution in [1.82, 2.24) is 5.32 Å². The summed E-state index contributed by atoms with van der Waals surface area (Å²) in [4.78, 5) is 13.3. The first kappa shape index (κ1) is 78.5. The maximum absolute atomic E-state index is 13.3. The first-order valence-electron chi connectivity index (χ1n) is 33.8. The van der Waals surface area contributed by atoms with E-state index in [0.717, 1.165) is 70.6 Å². The van der Waals surface area contributed by atoms with Crippen LogP contribution in [0.4, 0.5) is 0 Å². The fraction of sp³-hybridized carbons (Fsp3) is 0.708. The Morgan fingerprint density at radius 2 is 0.814 bits per heavy atom. The van der Waals surface area contributed by atoms with Crippen LogP contribution in [0.25, 0.3) is 0 Å². The van der Waals surface area contributed by atoms with E-state index in [2.05, 4.69) is 122 Å². The van der Waals surface area contributed by atoms with Crippen molar-refractivity contribution in [3.05, 3.63) is 122 Å². The van der Waals surface area contributed by atoms with Gasteiger partial charge in [-0.3, -0.25) is 4.79 Å². The van der Waals surface area contributed by atoms with Crippen LogP contribution in [0.3, 0.4) is 0 Å². The largest absolute Gasteiger partial charge is 0.394 e. The van der Waals surface area contributed by atoms with Crippen molar-refractivity contribution >= 4 is 5.91 Å². The highest BCUT2D eigenvalue weighted by Crippen LogP contribution is 2.30. The van der Waals surface area contributed by atoms with Crippen molar-refractivity contribution in [3.8, 4) is 0 Å². The molecule has 2 saturated heterocycles. The third kappa shape index (κ3) is 39.4. The number of aliphatic hydroxyl groups is 8. The molecule has 1 amide bonds. The molecule has 86 heavy (non-hydrogen) atoms. The Balaban J connectivity index is 1.76. The second-order valence-electron chi connectivity index (χ2n) is 23.2. The Kier molecular flexibility index (Phi) is 50.6. The Bertz CT molecular complexity index is 1910. The van der Waals surface area contributed by atoms with Crippen LogP contribution in [0.5, 0.6) is 0 Å². The predicted octanol–water partition coefficient (Wildman–Crippen LogP) is 13.3. The molecule has 14 heteroatoms. The van der Waals surface area contributed by atoms with Gasteiger partial charge in [0.05, 0.1) is 32.0 Å². The number of ether oxygens (including phenoxy) is 4. The molecule has 0 aromatic carbocycles. The molecule has 0 aliphatic carbocycles. The van der Waals surface area contributed by atoms with E-state index in [-0.39, 0.29) is 18.9 Å². The van der Waals surface area contributed by atoms with Gasteiger partial charge in [-0.25, -0.2) is 0 Å². The molecule has 0 aromatic rings. The van der Waals surface area contributed by atoms with Gasteiger partial charge in [0.2, 0.25) is 5.91 Å². The number of allylic oxidation sites excluding steroid dienone is 19. The normalized spacial score (nSPS) is 24.2. The SMILES string of the molecule is CC/C=C\C/C=C\C/C=C\C/C=C\C/C=C\C/C=C\C/C=C\CCCC(=O)NC(COC1OC(CO)C(OC2OC(CO)C(O)C(O)C2O)C(O)C1O)C(O)/C=C/CC/C=C/CC/C=C/CCCCCCCCCCCCCCCCCCCCC. The van der Waals surface area contributed by atoms with Gasteiger partial charge >= 0.3 is 0 Å². The summed E-state index contributed by atoms with van der Waals surface area (Å²) in [5.74, 6) is -0.314. The summed E-state index contributed by atoms with van der Waals surface area (Å²) in [5, 5.41) is 87.3. The molecule has 0 aromatic heterocycles. The van der Waals surface area contributed by atoms with Crippen molar-refractivity contribution in [1.29, 1.82) is 0 Å². The van der Waals surface area contributed by atoms with Crippen molar-refractivity contribution in [2.75, 3.05) is 19.8 Å². The van der Waals surface area contributed by atoms with Gasteiger partial charge in [-0.2, -0.15) is 0 Å². The van der Waals surface area contributed by atoms with Crippen LogP contribution in [-0.4, -0.2) is 140 Å². The monoisotopic (exact) mass is 1210 g/mol. The zero-order valence-corrected chi connectivity index (χ0v) is 53.3. The molecule has 0 radical (unpaired) electrons. The van der Waals surface area contributed by atoms with Gasteiger partial charge in [-0.1, -0.05) is 251 Å². The smallest absolute Gasteiger partial charge is 0.220 e. The highest BCUT2D eigenvalue weighted by Gasteiger charge is 2.51. The van der Waals surface area contributed by atoms with E-state index in [1.807, 2.05) is 12.2 Å². The average Bonchev–Trinajstić information content (AvgIpc) is 2.54. The number of carbonyl (C=O) groups excluding carboxylic acids is 1. The lowest BCUT2D eigenvalue weighted by atomic mass is 9.97. The van der Waals surface area contributed by atoms with Crippen molar-refractivity contribution in [2.45, 2.75) is 306 Å². The molecule has 2 fully saturated rings. The van der Waals surface area contributed by atoms with Gasteiger partial charge in [0.1, 0.15) is 48.8 Å². The summed E-state index contributed by atoms with van der Waals surface area (Å²) in [7, 11) is 0. The third-order valence-electron chi connectivity index (χ3n) is 15.6. The van der Waals surface area contributed by atoms with Crippen molar-refractivity contribution < 1.29 is 64.6 Å². The maximum Gasteiger partial charge on any atom is 0.220 e. The van der Waals surface area contributed by atoms with E-state index in [1.165, 1.54) is 122 Å². The molecule has 12 atom stereocenters. The molecule has 9 N–H and O–H groups in total. The van der Waals surface area contributed by atoms with Crippen molar-refractivity contribution in [3.63, 3.8) is 0 Å². The predicted molar refractivity (Wildman–Crippen MR) is 350 cm³/mol. The summed E-state index contributed by atoms with van der Waals surface area (Å²) < 4.78 is 22.8. The molecule has 492 valence electrons. The number of carbonyl (C=O) groups is 1. The fourth-order valence-electron chi connectivity index (χ4n) is 10.3. The molecule has 2 aliphatic heterocycles. The number of hydrogen-bond donors (Lipinski definition) is 9. The Hall–Kier alpha value is -3.61. The van der Waals surface area contributed by atoms with E-state index in [1.54, 1.807) is 6.08 Å². The van der Waals surface area contributed by atoms with Crippen LogP contribution in [0, 0.1) is 0 Å². The third-order valence-corrected chi connectivity index (χ3v) is 15.6. The molecular formula is C72H121NO13. The number of aliphatic hydroxyl groups excluding tert-OH is 8. The summed E-state index contributed by atoms with van der Waals surface area (Å²) in [6, 6.07) is -0.980. The van der Waals surface area contributed by atoms with Crippen LogP contribution in [0.2, 0.25) is 0 Å². The number of hydrogen-bond acceptors (Lipinski definition) is 13. The molecule has 0 saturated carbocycles. The molecule has 0 spiro atoms. The van der Waals surface area contributed by atoms with Crippen LogP contribution < -0.4 is 5.32 Å². The topological polar surface area (TPSA) is 228 Å². The Morgan fingerprint density at radius 1 is 0.430 bits per heavy atom. The van der Waals surface area contributed by atoms with Gasteiger partial charge in [-0.15, -0.1) is 0 Å². The highest BCUT2D eigenvalue weighted by molar-refractivity contribution is 5.76. The quantitative estimate of drug-likeness (QED) is 0.0204. The van der Waals surface area contributed by atoms with E-state index < -0.39 is 86.8 Å². The number of rotatable bonds is 53. The van der Waals surface area contributed by atoms with E-state index in [9.17, 15) is 45.6 Å². The average molecular weight is 1210 g/mol. The van der Waals surface area contributed by atoms with E-state index in [4.69, 9.17) is 18.9 Å². The van der Waals surface area contributed by atoms with Gasteiger partial charge in [0.25, 0.3) is 0 Å². The summed E-state index contributed by atoms with van der Waals surface area (Å²) >= 11 is 0. The van der Waals surface area contributed by atoms with Gasteiger partial charge < -0.3 is 65.1 Å². The maximum atomic E-state index is 13.3. The lowest BCUT2D eigenvalue weighted by molar-refractivity contribution is -0.359. The van der Waals surface area contributed by atoms with Crippen LogP contribution in [-0.2, 0) is 23.7 Å². The molecule has 2 heterocycles. The second kappa shape index (κ2) is 55.5. The summed E-state index contributed by atoms with van der Waals surface area (Å²) in [5.41, 5.74) is 0. The lowest BCUT2D eigenvalue weighted by Crippen LogP contribution is -2.65. The van der Waals surface area contributed by atoms with Gasteiger partial charge in [-0.05, 0) is 96.3 Å². The van der Waals surface area contributed by atoms with E-state index in [0.29, 0.717) is 19.3 Å². The highest BCUT2D eigenvalue weighted by atomic mass is 16.7. The van der Waals surface area contributed by atoms with Crippen LogP contribution in [0.1, 0.15) is 232 Å². The molecule has 2 aliphatic rings. The zero-order valence-electron chi connectivity index (χ0n) is 53.3.